The summed E-state index contributed by atoms with van der Waals surface area (Å²) in [6, 6.07) is 10.3. The molecule has 20 heavy (non-hydrogen) atoms. The van der Waals surface area contributed by atoms with Crippen molar-refractivity contribution in [1.29, 1.82) is 0 Å². The Kier molecular flexibility index (Phi) is 5.29. The number of hydrogen-bond acceptors (Lipinski definition) is 4. The fourth-order valence-corrected chi connectivity index (χ4v) is 3.58. The van der Waals surface area contributed by atoms with Crippen molar-refractivity contribution in [1.82, 2.24) is 10.3 Å². The van der Waals surface area contributed by atoms with Crippen molar-refractivity contribution < 1.29 is 4.74 Å². The minimum Gasteiger partial charge on any atom is -0.370 e. The Morgan fingerprint density at radius 3 is 2.50 bits per heavy atom. The minimum atomic E-state index is -0.0793. The van der Waals surface area contributed by atoms with Gasteiger partial charge in [-0.05, 0) is 18.5 Å². The van der Waals surface area contributed by atoms with Crippen molar-refractivity contribution in [2.45, 2.75) is 32.4 Å². The van der Waals surface area contributed by atoms with E-state index in [2.05, 4.69) is 31.3 Å². The second-order valence-corrected chi connectivity index (χ2v) is 6.19. The maximum absolute atomic E-state index is 5.68. The zero-order chi connectivity index (χ0) is 14.5. The van der Waals surface area contributed by atoms with E-state index in [4.69, 9.17) is 9.72 Å². The van der Waals surface area contributed by atoms with Gasteiger partial charge < -0.3 is 10.1 Å². The molecule has 0 bridgehead atoms. The molecule has 0 aliphatic carbocycles. The lowest BCUT2D eigenvalue weighted by Crippen LogP contribution is -2.06. The summed E-state index contributed by atoms with van der Waals surface area (Å²) in [5.41, 5.74) is 2.33. The Hall–Kier alpha value is -1.23. The average molecular weight is 290 g/mol. The second-order valence-electron chi connectivity index (χ2n) is 5.07. The van der Waals surface area contributed by atoms with Gasteiger partial charge in [0.05, 0.1) is 5.69 Å². The van der Waals surface area contributed by atoms with Crippen LogP contribution in [0, 0.1) is 0 Å². The number of aromatic nitrogens is 1. The molecule has 2 rings (SSSR count). The molecule has 2 aromatic rings. The lowest BCUT2D eigenvalue weighted by molar-refractivity contribution is 0.136. The lowest BCUT2D eigenvalue weighted by atomic mass is 10.1. The van der Waals surface area contributed by atoms with Gasteiger partial charge in [0.2, 0.25) is 0 Å². The van der Waals surface area contributed by atoms with Crippen LogP contribution in [0.1, 0.15) is 47.0 Å². The van der Waals surface area contributed by atoms with E-state index in [1.165, 1.54) is 10.6 Å². The Bertz CT molecular complexity index is 537. The normalized spacial score (nSPS) is 12.8. The third kappa shape index (κ3) is 3.26. The Labute approximate surface area is 125 Å². The molecule has 1 N–H and O–H groups in total. The number of methoxy groups -OCH3 is 1. The van der Waals surface area contributed by atoms with Gasteiger partial charge in [-0.1, -0.05) is 44.2 Å². The maximum Gasteiger partial charge on any atom is 0.134 e. The molecule has 1 heterocycles. The average Bonchev–Trinajstić information content (AvgIpc) is 2.85. The van der Waals surface area contributed by atoms with Crippen LogP contribution in [-0.4, -0.2) is 19.1 Å². The van der Waals surface area contributed by atoms with E-state index in [0.29, 0.717) is 5.92 Å². The molecular formula is C16H22N2OS. The van der Waals surface area contributed by atoms with Crippen LogP contribution in [0.2, 0.25) is 0 Å². The SMILES string of the molecule is CNCc1sc(C(OC)c2ccccc2)nc1C(C)C. The first-order valence-electron chi connectivity index (χ1n) is 6.89. The molecule has 3 nitrogen and oxygen atoms in total. The predicted molar refractivity (Wildman–Crippen MR) is 84.3 cm³/mol. The van der Waals surface area contributed by atoms with E-state index >= 15 is 0 Å². The number of thiazole rings is 1. The van der Waals surface area contributed by atoms with Gasteiger partial charge in [0.25, 0.3) is 0 Å². The summed E-state index contributed by atoms with van der Waals surface area (Å²) >= 11 is 1.74. The first kappa shape index (κ1) is 15.2. The van der Waals surface area contributed by atoms with Gasteiger partial charge >= 0.3 is 0 Å². The van der Waals surface area contributed by atoms with Gasteiger partial charge in [0.15, 0.2) is 0 Å². The lowest BCUT2D eigenvalue weighted by Gasteiger charge is -2.12. The van der Waals surface area contributed by atoms with Crippen molar-refractivity contribution in [2.75, 3.05) is 14.2 Å². The number of hydrogen-bond donors (Lipinski definition) is 1. The summed E-state index contributed by atoms with van der Waals surface area (Å²) in [5.74, 6) is 0.427. The number of nitrogens with one attached hydrogen (secondary N) is 1. The van der Waals surface area contributed by atoms with E-state index in [0.717, 1.165) is 17.1 Å². The molecule has 0 radical (unpaired) electrons. The van der Waals surface area contributed by atoms with Crippen LogP contribution in [0.4, 0.5) is 0 Å². The van der Waals surface area contributed by atoms with Crippen molar-refractivity contribution in [2.24, 2.45) is 0 Å². The Morgan fingerprint density at radius 2 is 1.95 bits per heavy atom. The van der Waals surface area contributed by atoms with Crippen molar-refractivity contribution in [3.05, 3.63) is 51.5 Å². The summed E-state index contributed by atoms with van der Waals surface area (Å²) in [4.78, 5) is 6.13. The molecule has 0 aliphatic heterocycles. The Balaban J connectivity index is 2.38. The topological polar surface area (TPSA) is 34.1 Å². The van der Waals surface area contributed by atoms with E-state index in [1.807, 2.05) is 25.2 Å². The van der Waals surface area contributed by atoms with Crippen molar-refractivity contribution in [3.63, 3.8) is 0 Å². The number of benzene rings is 1. The van der Waals surface area contributed by atoms with E-state index < -0.39 is 0 Å². The summed E-state index contributed by atoms with van der Waals surface area (Å²) in [5, 5.41) is 4.25. The monoisotopic (exact) mass is 290 g/mol. The van der Waals surface area contributed by atoms with Crippen molar-refractivity contribution >= 4 is 11.3 Å². The maximum atomic E-state index is 5.68. The number of nitrogens with zero attached hydrogens (tertiary/aromatic N) is 1. The van der Waals surface area contributed by atoms with Gasteiger partial charge in [0.1, 0.15) is 11.1 Å². The highest BCUT2D eigenvalue weighted by molar-refractivity contribution is 7.11. The van der Waals surface area contributed by atoms with Crippen LogP contribution in [0.15, 0.2) is 30.3 Å². The minimum absolute atomic E-state index is 0.0793. The van der Waals surface area contributed by atoms with Gasteiger partial charge in [-0.2, -0.15) is 0 Å². The first-order chi connectivity index (χ1) is 9.67. The molecule has 4 heteroatoms. The molecule has 0 saturated heterocycles. The highest BCUT2D eigenvalue weighted by Gasteiger charge is 2.21. The van der Waals surface area contributed by atoms with Crippen LogP contribution in [0.5, 0.6) is 0 Å². The molecular weight excluding hydrogens is 268 g/mol. The molecule has 108 valence electrons. The summed E-state index contributed by atoms with van der Waals surface area (Å²) < 4.78 is 5.68. The summed E-state index contributed by atoms with van der Waals surface area (Å²) in [6.07, 6.45) is -0.0793. The Morgan fingerprint density at radius 1 is 1.25 bits per heavy atom. The summed E-state index contributed by atoms with van der Waals surface area (Å²) in [6.45, 7) is 5.22. The molecule has 0 fully saturated rings. The fraction of sp³-hybridized carbons (Fsp3) is 0.438. The van der Waals surface area contributed by atoms with E-state index in [9.17, 15) is 0 Å². The van der Waals surface area contributed by atoms with Gasteiger partial charge in [0, 0.05) is 18.5 Å². The van der Waals surface area contributed by atoms with Gasteiger partial charge in [-0.25, -0.2) is 4.98 Å². The highest BCUT2D eigenvalue weighted by atomic mass is 32.1. The molecule has 1 unspecified atom stereocenters. The molecule has 0 aliphatic rings. The predicted octanol–water partition coefficient (Wildman–Crippen LogP) is 3.72. The molecule has 1 aromatic carbocycles. The zero-order valence-corrected chi connectivity index (χ0v) is 13.3. The molecule has 0 spiro atoms. The quantitative estimate of drug-likeness (QED) is 0.880. The standard InChI is InChI=1S/C16H22N2OS/c1-11(2)14-13(10-17-3)20-16(18-14)15(19-4)12-8-6-5-7-9-12/h5-9,11,15,17H,10H2,1-4H3. The molecule has 1 aromatic heterocycles. The van der Waals surface area contributed by atoms with Crippen molar-refractivity contribution in [3.8, 4) is 0 Å². The van der Waals surface area contributed by atoms with Crippen LogP contribution in [-0.2, 0) is 11.3 Å². The molecule has 1 atom stereocenters. The van der Waals surface area contributed by atoms with Crippen LogP contribution >= 0.6 is 11.3 Å². The third-order valence-electron chi connectivity index (χ3n) is 3.19. The smallest absolute Gasteiger partial charge is 0.134 e. The van der Waals surface area contributed by atoms with Crippen LogP contribution in [0.3, 0.4) is 0 Å². The third-order valence-corrected chi connectivity index (χ3v) is 4.31. The largest absolute Gasteiger partial charge is 0.370 e. The zero-order valence-electron chi connectivity index (χ0n) is 12.5. The molecule has 0 amide bonds. The second kappa shape index (κ2) is 6.97. The van der Waals surface area contributed by atoms with Gasteiger partial charge in [-0.3, -0.25) is 0 Å². The van der Waals surface area contributed by atoms with Gasteiger partial charge in [-0.15, -0.1) is 11.3 Å². The summed E-state index contributed by atoms with van der Waals surface area (Å²) in [7, 11) is 3.71. The number of ether oxygens (including phenoxy) is 1. The van der Waals surface area contributed by atoms with E-state index in [1.54, 1.807) is 18.4 Å². The highest BCUT2D eigenvalue weighted by Crippen LogP contribution is 2.33. The first-order valence-corrected chi connectivity index (χ1v) is 7.70. The molecule has 0 saturated carbocycles. The van der Waals surface area contributed by atoms with Crippen LogP contribution < -0.4 is 5.32 Å². The number of rotatable bonds is 6. The fourth-order valence-electron chi connectivity index (χ4n) is 2.24. The van der Waals surface area contributed by atoms with Crippen LogP contribution in [0.25, 0.3) is 0 Å². The van der Waals surface area contributed by atoms with E-state index in [-0.39, 0.29) is 6.10 Å².